The van der Waals surface area contributed by atoms with Crippen molar-refractivity contribution in [3.8, 4) is 22.6 Å². The SMILES string of the molecule is CC(C)(C)n1c(-c2[c-]ccc3c2oc2nc(C4CCCCC4)ccc23)nc2ccccc21.CC(C)Cc1cc(-c2[c-]cccc2)ncc1[Si](C)(C)C.[Ir]. The summed E-state index contributed by atoms with van der Waals surface area (Å²) in [6.07, 6.45) is 9.64. The van der Waals surface area contributed by atoms with Gasteiger partial charge >= 0.3 is 0 Å². The Hall–Kier alpha value is -3.90. The molecule has 0 amide bonds. The van der Waals surface area contributed by atoms with Crippen molar-refractivity contribution >= 4 is 46.4 Å². The zero-order valence-electron chi connectivity index (χ0n) is 32.5. The molecular weight excluding hydrogens is 845 g/mol. The van der Waals surface area contributed by atoms with Gasteiger partial charge in [0.05, 0.1) is 30.5 Å². The van der Waals surface area contributed by atoms with Crippen LogP contribution < -0.4 is 5.19 Å². The van der Waals surface area contributed by atoms with E-state index in [1.807, 2.05) is 30.3 Å². The molecule has 1 saturated carbocycles. The van der Waals surface area contributed by atoms with Crippen LogP contribution in [0.25, 0.3) is 55.7 Å². The fourth-order valence-electron chi connectivity index (χ4n) is 7.78. The number of rotatable bonds is 6. The van der Waals surface area contributed by atoms with Crippen molar-refractivity contribution in [3.05, 3.63) is 108 Å². The third-order valence-corrected chi connectivity index (χ3v) is 12.3. The second-order valence-electron chi connectivity index (χ2n) is 16.9. The second-order valence-corrected chi connectivity index (χ2v) is 21.9. The number of imidazole rings is 1. The van der Waals surface area contributed by atoms with Gasteiger partial charge in [0.15, 0.2) is 0 Å². The van der Waals surface area contributed by atoms with Gasteiger partial charge in [-0.25, -0.2) is 4.98 Å². The van der Waals surface area contributed by atoms with Crippen molar-refractivity contribution in [1.82, 2.24) is 19.5 Å². The molecule has 3 aromatic carbocycles. The van der Waals surface area contributed by atoms with Gasteiger partial charge in [0.2, 0.25) is 5.71 Å². The number of aromatic nitrogens is 4. The first kappa shape index (κ1) is 38.8. The molecule has 53 heavy (non-hydrogen) atoms. The summed E-state index contributed by atoms with van der Waals surface area (Å²) in [5.74, 6) is 2.11. The first-order valence-corrected chi connectivity index (χ1v) is 22.6. The maximum Gasteiger partial charge on any atom is 0.216 e. The molecule has 1 fully saturated rings. The summed E-state index contributed by atoms with van der Waals surface area (Å²) in [5.41, 5.74) is 9.17. The number of para-hydroxylation sites is 2. The first-order chi connectivity index (χ1) is 24.9. The monoisotopic (exact) mass is 897 g/mol. The summed E-state index contributed by atoms with van der Waals surface area (Å²) < 4.78 is 8.73. The Labute approximate surface area is 330 Å². The Bertz CT molecular complexity index is 2320. The average Bonchev–Trinajstić information content (AvgIpc) is 3.71. The summed E-state index contributed by atoms with van der Waals surface area (Å²) in [7, 11) is -1.34. The number of pyridine rings is 2. The van der Waals surface area contributed by atoms with Crippen LogP contribution in [-0.4, -0.2) is 27.6 Å². The molecule has 0 saturated heterocycles. The van der Waals surface area contributed by atoms with Gasteiger partial charge < -0.3 is 14.0 Å². The van der Waals surface area contributed by atoms with Gasteiger partial charge in [0, 0.05) is 48.8 Å². The minimum Gasteiger partial charge on any atom is -0.486 e. The number of furan rings is 1. The summed E-state index contributed by atoms with van der Waals surface area (Å²) in [5, 5.41) is 3.63. The summed E-state index contributed by atoms with van der Waals surface area (Å²) in [4.78, 5) is 14.7. The van der Waals surface area contributed by atoms with Crippen molar-refractivity contribution in [3.63, 3.8) is 0 Å². The maximum absolute atomic E-state index is 6.44. The van der Waals surface area contributed by atoms with E-state index in [1.54, 1.807) is 0 Å². The van der Waals surface area contributed by atoms with Crippen LogP contribution in [0.4, 0.5) is 0 Å². The fourth-order valence-corrected chi connectivity index (χ4v) is 9.37. The van der Waals surface area contributed by atoms with Crippen molar-refractivity contribution in [2.24, 2.45) is 5.92 Å². The van der Waals surface area contributed by atoms with E-state index in [4.69, 9.17) is 14.4 Å². The molecule has 0 unspecified atom stereocenters. The molecule has 1 radical (unpaired) electrons. The molecule has 0 bridgehead atoms. The quantitative estimate of drug-likeness (QED) is 0.123. The molecule has 5 nitrogen and oxygen atoms in total. The molecule has 7 aromatic rings. The van der Waals surface area contributed by atoms with E-state index in [9.17, 15) is 0 Å². The Morgan fingerprint density at radius 2 is 1.62 bits per heavy atom. The molecule has 0 aliphatic heterocycles. The zero-order chi connectivity index (χ0) is 36.6. The third kappa shape index (κ3) is 8.28. The number of nitrogens with zero attached hydrogens (tertiary/aromatic N) is 4. The minimum absolute atomic E-state index is 0. The van der Waals surface area contributed by atoms with E-state index in [2.05, 4.69) is 131 Å². The Morgan fingerprint density at radius 1 is 0.868 bits per heavy atom. The van der Waals surface area contributed by atoms with E-state index < -0.39 is 8.07 Å². The Balaban J connectivity index is 0.000000199. The molecule has 8 rings (SSSR count). The Morgan fingerprint density at radius 3 is 2.32 bits per heavy atom. The topological polar surface area (TPSA) is 56.7 Å². The van der Waals surface area contributed by atoms with Gasteiger partial charge in [-0.2, -0.15) is 0 Å². The van der Waals surface area contributed by atoms with Crippen molar-refractivity contribution in [2.45, 2.75) is 104 Å². The van der Waals surface area contributed by atoms with E-state index in [0.29, 0.717) is 11.8 Å². The standard InChI is InChI=1S/C28H28N3O.C18H24NSi.Ir/c1-28(2,3)31-24-15-8-7-14-23(24)29-26(31)21-13-9-12-19-20-16-17-22(18-10-5-4-6-11-18)30-27(20)32-25(19)21;1-14(2)11-16-12-17(15-9-7-6-8-10-15)19-13-18(16)20(3,4)5;/h7-9,12,14-18H,4-6,10-11H2,1-3H3;6-9,12-14H,11H2,1-5H3;/q2*-1;. The van der Waals surface area contributed by atoms with Crippen LogP contribution in [0.1, 0.15) is 83.9 Å². The van der Waals surface area contributed by atoms with E-state index in [0.717, 1.165) is 62.2 Å². The summed E-state index contributed by atoms with van der Waals surface area (Å²) in [6, 6.07) is 33.8. The van der Waals surface area contributed by atoms with Crippen LogP contribution in [0.5, 0.6) is 0 Å². The Kier molecular flexibility index (Phi) is 11.6. The van der Waals surface area contributed by atoms with E-state index in [-0.39, 0.29) is 25.6 Å². The molecule has 0 spiro atoms. The molecule has 0 N–H and O–H groups in total. The predicted molar refractivity (Wildman–Crippen MR) is 220 cm³/mol. The zero-order valence-corrected chi connectivity index (χ0v) is 35.9. The van der Waals surface area contributed by atoms with Crippen LogP contribution in [0.15, 0.2) is 89.5 Å². The number of hydrogen-bond acceptors (Lipinski definition) is 4. The van der Waals surface area contributed by atoms with Gasteiger partial charge in [-0.15, -0.1) is 54.1 Å². The molecule has 1 aliphatic rings. The van der Waals surface area contributed by atoms with Crippen molar-refractivity contribution in [1.29, 1.82) is 0 Å². The van der Waals surface area contributed by atoms with Crippen LogP contribution in [0.2, 0.25) is 19.6 Å². The number of fused-ring (bicyclic) bond motifs is 4. The van der Waals surface area contributed by atoms with Crippen molar-refractivity contribution in [2.75, 3.05) is 0 Å². The van der Waals surface area contributed by atoms with Crippen LogP contribution in [-0.2, 0) is 32.1 Å². The number of benzene rings is 3. The molecular formula is C46H52IrN4OSi-2. The van der Waals surface area contributed by atoms with Gasteiger partial charge in [-0.05, 0) is 81.1 Å². The van der Waals surface area contributed by atoms with E-state index >= 15 is 0 Å². The van der Waals surface area contributed by atoms with Crippen molar-refractivity contribution < 1.29 is 24.5 Å². The van der Waals surface area contributed by atoms with Gasteiger partial charge in [-0.3, -0.25) is 4.98 Å². The minimum atomic E-state index is -1.34. The predicted octanol–water partition coefficient (Wildman–Crippen LogP) is 11.9. The maximum atomic E-state index is 6.44. The summed E-state index contributed by atoms with van der Waals surface area (Å²) in [6.45, 7) is 18.4. The number of hydrogen-bond donors (Lipinski definition) is 0. The van der Waals surface area contributed by atoms with Crippen LogP contribution >= 0.6 is 0 Å². The van der Waals surface area contributed by atoms with Gasteiger partial charge in [-0.1, -0.05) is 87.5 Å². The molecule has 1 aliphatic carbocycles. The van der Waals surface area contributed by atoms with Gasteiger partial charge in [0.1, 0.15) is 0 Å². The van der Waals surface area contributed by atoms with E-state index in [1.165, 1.54) is 48.5 Å². The smallest absolute Gasteiger partial charge is 0.216 e. The molecule has 7 heteroatoms. The van der Waals surface area contributed by atoms with Gasteiger partial charge in [0.25, 0.3) is 0 Å². The summed E-state index contributed by atoms with van der Waals surface area (Å²) >= 11 is 0. The van der Waals surface area contributed by atoms with Crippen LogP contribution in [0.3, 0.4) is 0 Å². The van der Waals surface area contributed by atoms with Crippen LogP contribution in [0, 0.1) is 18.1 Å². The largest absolute Gasteiger partial charge is 0.486 e. The first-order valence-electron chi connectivity index (χ1n) is 19.1. The molecule has 4 heterocycles. The average molecular weight is 897 g/mol. The normalized spacial score (nSPS) is 14.1. The fraction of sp³-hybridized carbons (Fsp3) is 0.370. The third-order valence-electron chi connectivity index (χ3n) is 10.2. The second kappa shape index (κ2) is 15.8. The molecule has 277 valence electrons. The molecule has 4 aromatic heterocycles. The molecule has 0 atom stereocenters.